The second kappa shape index (κ2) is 13.2. The molecule has 3 heteroatoms. The van der Waals surface area contributed by atoms with Gasteiger partial charge in [-0.15, -0.1) is 0 Å². The summed E-state index contributed by atoms with van der Waals surface area (Å²) in [6.07, 6.45) is 12.1. The van der Waals surface area contributed by atoms with Crippen molar-refractivity contribution in [3.05, 3.63) is 68.8 Å². The van der Waals surface area contributed by atoms with Gasteiger partial charge in [0.2, 0.25) is 0 Å². The SMILES string of the molecule is CCCc1c(N)ccc(C=C(C)C(=O)C(C)=Cc2ccc(N)c(CCC)c2CCC)c1CCC. The number of ketones is 1. The minimum atomic E-state index is 0.0765. The molecule has 0 saturated heterocycles. The lowest BCUT2D eigenvalue weighted by molar-refractivity contribution is -0.112. The van der Waals surface area contributed by atoms with E-state index in [1.54, 1.807) is 0 Å². The van der Waals surface area contributed by atoms with Gasteiger partial charge in [0.1, 0.15) is 0 Å². The van der Waals surface area contributed by atoms with Crippen molar-refractivity contribution in [1.29, 1.82) is 0 Å². The Kier molecular flexibility index (Phi) is 10.6. The molecule has 0 aliphatic heterocycles. The minimum Gasteiger partial charge on any atom is -0.398 e. The molecule has 0 unspecified atom stereocenters. The maximum absolute atomic E-state index is 13.4. The van der Waals surface area contributed by atoms with Crippen LogP contribution in [-0.4, -0.2) is 5.78 Å². The number of allylic oxidation sites excluding steroid dienone is 2. The average Bonchev–Trinajstić information content (AvgIpc) is 2.81. The first-order valence-electron chi connectivity index (χ1n) is 13.0. The Morgan fingerprint density at radius 2 is 0.941 bits per heavy atom. The number of benzene rings is 2. The molecule has 0 saturated carbocycles. The molecule has 3 nitrogen and oxygen atoms in total. The van der Waals surface area contributed by atoms with Gasteiger partial charge in [-0.3, -0.25) is 4.79 Å². The highest BCUT2D eigenvalue weighted by atomic mass is 16.1. The van der Waals surface area contributed by atoms with Crippen LogP contribution in [0.4, 0.5) is 11.4 Å². The van der Waals surface area contributed by atoms with Crippen LogP contribution < -0.4 is 11.5 Å². The Bertz CT molecular complexity index is 976. The van der Waals surface area contributed by atoms with Gasteiger partial charge in [-0.25, -0.2) is 0 Å². The lowest BCUT2D eigenvalue weighted by Gasteiger charge is -2.16. The third-order valence-electron chi connectivity index (χ3n) is 6.47. The molecule has 0 aromatic heterocycles. The summed E-state index contributed by atoms with van der Waals surface area (Å²) >= 11 is 0. The zero-order chi connectivity index (χ0) is 25.3. The number of hydrogen-bond acceptors (Lipinski definition) is 3. The minimum absolute atomic E-state index is 0.0765. The van der Waals surface area contributed by atoms with E-state index in [9.17, 15) is 4.79 Å². The molecule has 0 aliphatic carbocycles. The smallest absolute Gasteiger partial charge is 0.184 e. The molecule has 0 bridgehead atoms. The van der Waals surface area contributed by atoms with Crippen molar-refractivity contribution < 1.29 is 4.79 Å². The summed E-state index contributed by atoms with van der Waals surface area (Å²) in [5.74, 6) is 0.0765. The van der Waals surface area contributed by atoms with Crippen LogP contribution in [0.2, 0.25) is 0 Å². The van der Waals surface area contributed by atoms with E-state index in [1.807, 2.05) is 38.1 Å². The summed E-state index contributed by atoms with van der Waals surface area (Å²) in [5, 5.41) is 0. The molecule has 34 heavy (non-hydrogen) atoms. The van der Waals surface area contributed by atoms with Crippen LogP contribution in [0, 0.1) is 0 Å². The third-order valence-corrected chi connectivity index (χ3v) is 6.47. The van der Waals surface area contributed by atoms with Gasteiger partial charge < -0.3 is 11.5 Å². The zero-order valence-corrected chi connectivity index (χ0v) is 22.2. The van der Waals surface area contributed by atoms with Crippen LogP contribution in [-0.2, 0) is 30.5 Å². The first-order valence-corrected chi connectivity index (χ1v) is 13.0. The highest BCUT2D eigenvalue weighted by Crippen LogP contribution is 2.29. The number of Topliss-reactive ketones (excluding diaryl/α,β-unsaturated/α-hetero) is 1. The number of nitrogen functional groups attached to an aromatic ring is 2. The van der Waals surface area contributed by atoms with Gasteiger partial charge in [-0.2, -0.15) is 0 Å². The highest BCUT2D eigenvalue weighted by molar-refractivity contribution is 6.12. The predicted molar refractivity (Wildman–Crippen MR) is 150 cm³/mol. The predicted octanol–water partition coefficient (Wildman–Crippen LogP) is 7.74. The molecule has 0 atom stereocenters. The van der Waals surface area contributed by atoms with Crippen LogP contribution in [0.3, 0.4) is 0 Å². The molecule has 0 amide bonds. The second-order valence-corrected chi connectivity index (χ2v) is 9.39. The zero-order valence-electron chi connectivity index (χ0n) is 22.2. The van der Waals surface area contributed by atoms with Crippen molar-refractivity contribution >= 4 is 29.3 Å². The summed E-state index contributed by atoms with van der Waals surface area (Å²) in [4.78, 5) is 13.4. The fourth-order valence-electron chi connectivity index (χ4n) is 4.82. The number of rotatable bonds is 12. The summed E-state index contributed by atoms with van der Waals surface area (Å²) < 4.78 is 0. The molecule has 0 spiro atoms. The van der Waals surface area contributed by atoms with Crippen molar-refractivity contribution in [2.75, 3.05) is 11.5 Å². The molecular formula is C31H44N2O. The van der Waals surface area contributed by atoms with Gasteiger partial charge in [0.05, 0.1) is 0 Å². The van der Waals surface area contributed by atoms with Gasteiger partial charge in [0, 0.05) is 11.4 Å². The largest absolute Gasteiger partial charge is 0.398 e. The fourth-order valence-corrected chi connectivity index (χ4v) is 4.82. The van der Waals surface area contributed by atoms with Crippen LogP contribution in [0.15, 0.2) is 35.4 Å². The van der Waals surface area contributed by atoms with Gasteiger partial charge >= 0.3 is 0 Å². The van der Waals surface area contributed by atoms with Crippen LogP contribution in [0.25, 0.3) is 12.2 Å². The lowest BCUT2D eigenvalue weighted by Crippen LogP contribution is -2.06. The number of carbonyl (C=O) groups excluding carboxylic acids is 1. The number of anilines is 2. The molecule has 2 aromatic carbocycles. The van der Waals surface area contributed by atoms with E-state index in [4.69, 9.17) is 11.5 Å². The first-order chi connectivity index (χ1) is 16.3. The summed E-state index contributed by atoms with van der Waals surface area (Å²) in [5.41, 5.74) is 23.1. The van der Waals surface area contributed by atoms with Crippen LogP contribution in [0.1, 0.15) is 101 Å². The van der Waals surface area contributed by atoms with E-state index in [1.165, 1.54) is 22.3 Å². The van der Waals surface area contributed by atoms with E-state index in [-0.39, 0.29) is 5.78 Å². The second-order valence-electron chi connectivity index (χ2n) is 9.39. The molecule has 0 aliphatic rings. The maximum atomic E-state index is 13.4. The van der Waals surface area contributed by atoms with Crippen molar-refractivity contribution in [3.8, 4) is 0 Å². The van der Waals surface area contributed by atoms with Gasteiger partial charge in [0.15, 0.2) is 5.78 Å². The van der Waals surface area contributed by atoms with Gasteiger partial charge in [0.25, 0.3) is 0 Å². The number of carbonyl (C=O) groups is 1. The Hall–Kier alpha value is -2.81. The summed E-state index contributed by atoms with van der Waals surface area (Å²) in [7, 11) is 0. The van der Waals surface area contributed by atoms with E-state index < -0.39 is 0 Å². The molecule has 4 N–H and O–H groups in total. The number of hydrogen-bond donors (Lipinski definition) is 2. The van der Waals surface area contributed by atoms with E-state index in [0.717, 1.165) is 85.0 Å². The van der Waals surface area contributed by atoms with Crippen LogP contribution >= 0.6 is 0 Å². The molecule has 0 fully saturated rings. The molecule has 184 valence electrons. The van der Waals surface area contributed by atoms with Crippen molar-refractivity contribution in [2.24, 2.45) is 0 Å². The standard InChI is InChI=1S/C31H44N2O/c1-7-11-25-23(15-17-29(32)27(25)13-9-3)19-21(5)31(34)22(6)20-24-16-18-30(33)28(14-10-4)26(24)12-8-2/h15-20H,7-14,32-33H2,1-6H3. The normalized spacial score (nSPS) is 12.3. The van der Waals surface area contributed by atoms with Crippen molar-refractivity contribution in [1.82, 2.24) is 0 Å². The summed E-state index contributed by atoms with van der Waals surface area (Å²) in [6.45, 7) is 12.6. The van der Waals surface area contributed by atoms with Crippen molar-refractivity contribution in [2.45, 2.75) is 92.9 Å². The topological polar surface area (TPSA) is 69.1 Å². The maximum Gasteiger partial charge on any atom is 0.184 e. The Labute approximate surface area is 207 Å². The van der Waals surface area contributed by atoms with E-state index in [2.05, 4.69) is 39.8 Å². The monoisotopic (exact) mass is 460 g/mol. The molecule has 2 rings (SSSR count). The quantitative estimate of drug-likeness (QED) is 0.251. The lowest BCUT2D eigenvalue weighted by atomic mass is 9.90. The average molecular weight is 461 g/mol. The molecule has 2 aromatic rings. The molecular weight excluding hydrogens is 416 g/mol. The third kappa shape index (κ3) is 6.62. The van der Waals surface area contributed by atoms with E-state index in [0.29, 0.717) is 0 Å². The first kappa shape index (κ1) is 27.4. The van der Waals surface area contributed by atoms with Gasteiger partial charge in [-0.1, -0.05) is 65.5 Å². The highest BCUT2D eigenvalue weighted by Gasteiger charge is 2.15. The van der Waals surface area contributed by atoms with Crippen molar-refractivity contribution in [3.63, 3.8) is 0 Å². The number of nitrogens with two attached hydrogens (primary N) is 2. The van der Waals surface area contributed by atoms with Crippen LogP contribution in [0.5, 0.6) is 0 Å². The Balaban J connectivity index is 2.47. The Morgan fingerprint density at radius 1 is 0.618 bits per heavy atom. The summed E-state index contributed by atoms with van der Waals surface area (Å²) in [6, 6.07) is 8.09. The molecule has 0 heterocycles. The van der Waals surface area contributed by atoms with E-state index >= 15 is 0 Å². The fraction of sp³-hybridized carbons (Fsp3) is 0.452. The van der Waals surface area contributed by atoms with Gasteiger partial charge in [-0.05, 0) is 108 Å². The molecule has 0 radical (unpaired) electrons. The Morgan fingerprint density at radius 3 is 1.26 bits per heavy atom.